The summed E-state index contributed by atoms with van der Waals surface area (Å²) in [7, 11) is 0. The van der Waals surface area contributed by atoms with Gasteiger partial charge in [-0.3, -0.25) is 9.59 Å². The van der Waals surface area contributed by atoms with Gasteiger partial charge in [-0.15, -0.1) is 0 Å². The molecule has 198 valence electrons. The molecule has 0 radical (unpaired) electrons. The van der Waals surface area contributed by atoms with Gasteiger partial charge in [-0.1, -0.05) is 56.1 Å². The SMILES string of the molecule is CC(C)(C)C[C@H]1N[C@@H](C(=O)CC2CC(C)(O)C2)[C@H](c2cccc(Cl)c2)[C@@]12C(=O)Nc1cc(Cl)c(F)cc12. The van der Waals surface area contributed by atoms with Gasteiger partial charge in [0.1, 0.15) is 11.2 Å². The molecular formula is C29H33Cl2FN2O3. The fourth-order valence-electron chi connectivity index (χ4n) is 6.93. The molecule has 3 N–H and O–H groups in total. The average molecular weight is 547 g/mol. The molecule has 2 aliphatic heterocycles. The highest BCUT2D eigenvalue weighted by Crippen LogP contribution is 2.57. The Bertz CT molecular complexity index is 1270. The number of ketones is 1. The lowest BCUT2D eigenvalue weighted by Crippen LogP contribution is -2.49. The van der Waals surface area contributed by atoms with Gasteiger partial charge in [0.05, 0.1) is 16.7 Å². The maximum absolute atomic E-state index is 14.9. The summed E-state index contributed by atoms with van der Waals surface area (Å²) < 4.78 is 14.9. The van der Waals surface area contributed by atoms with E-state index in [1.165, 1.54) is 12.1 Å². The topological polar surface area (TPSA) is 78.4 Å². The van der Waals surface area contributed by atoms with Crippen LogP contribution in [0.15, 0.2) is 36.4 Å². The quantitative estimate of drug-likeness (QED) is 0.429. The molecule has 2 aromatic rings. The van der Waals surface area contributed by atoms with E-state index >= 15 is 0 Å². The highest BCUT2D eigenvalue weighted by molar-refractivity contribution is 6.31. The van der Waals surface area contributed by atoms with E-state index in [4.69, 9.17) is 23.2 Å². The van der Waals surface area contributed by atoms with Crippen LogP contribution in [0.1, 0.15) is 70.4 Å². The van der Waals surface area contributed by atoms with Crippen LogP contribution in [0.4, 0.5) is 10.1 Å². The summed E-state index contributed by atoms with van der Waals surface area (Å²) in [5, 5.41) is 17.1. The zero-order valence-electron chi connectivity index (χ0n) is 21.5. The molecule has 1 spiro atoms. The van der Waals surface area contributed by atoms with Gasteiger partial charge in [-0.05, 0) is 72.9 Å². The molecule has 5 rings (SSSR count). The Morgan fingerprint density at radius 1 is 1.19 bits per heavy atom. The van der Waals surface area contributed by atoms with E-state index < -0.39 is 34.8 Å². The van der Waals surface area contributed by atoms with Crippen LogP contribution in [-0.2, 0) is 15.0 Å². The predicted molar refractivity (Wildman–Crippen MR) is 144 cm³/mol. The van der Waals surface area contributed by atoms with Crippen LogP contribution >= 0.6 is 23.2 Å². The second-order valence-corrected chi connectivity index (χ2v) is 13.4. The van der Waals surface area contributed by atoms with Gasteiger partial charge < -0.3 is 15.7 Å². The van der Waals surface area contributed by atoms with Gasteiger partial charge in [0.2, 0.25) is 5.91 Å². The molecule has 0 bridgehead atoms. The van der Waals surface area contributed by atoms with Crippen LogP contribution in [0, 0.1) is 17.2 Å². The lowest BCUT2D eigenvalue weighted by molar-refractivity contribution is -0.126. The van der Waals surface area contributed by atoms with Gasteiger partial charge in [-0.2, -0.15) is 0 Å². The molecule has 1 saturated heterocycles. The molecule has 37 heavy (non-hydrogen) atoms. The van der Waals surface area contributed by atoms with Crippen molar-refractivity contribution in [3.8, 4) is 0 Å². The van der Waals surface area contributed by atoms with Crippen molar-refractivity contribution in [2.75, 3.05) is 5.32 Å². The van der Waals surface area contributed by atoms with Crippen molar-refractivity contribution in [1.82, 2.24) is 5.32 Å². The van der Waals surface area contributed by atoms with E-state index in [1.54, 1.807) is 19.1 Å². The maximum atomic E-state index is 14.9. The van der Waals surface area contributed by atoms with E-state index in [0.29, 0.717) is 42.0 Å². The van der Waals surface area contributed by atoms with Gasteiger partial charge in [0.15, 0.2) is 5.78 Å². The average Bonchev–Trinajstić information content (AvgIpc) is 3.22. The Hall–Kier alpha value is -1.99. The number of amides is 1. The maximum Gasteiger partial charge on any atom is 0.237 e. The third kappa shape index (κ3) is 4.60. The first kappa shape index (κ1) is 26.6. The minimum atomic E-state index is -1.25. The molecule has 0 aromatic heterocycles. The van der Waals surface area contributed by atoms with Gasteiger partial charge in [0.25, 0.3) is 0 Å². The first-order valence-corrected chi connectivity index (χ1v) is 13.5. The van der Waals surface area contributed by atoms with Crippen LogP contribution in [0.5, 0.6) is 0 Å². The van der Waals surface area contributed by atoms with Crippen molar-refractivity contribution >= 4 is 40.6 Å². The van der Waals surface area contributed by atoms with Gasteiger partial charge in [-0.25, -0.2) is 4.39 Å². The smallest absolute Gasteiger partial charge is 0.237 e. The van der Waals surface area contributed by atoms with E-state index in [2.05, 4.69) is 31.4 Å². The summed E-state index contributed by atoms with van der Waals surface area (Å²) in [6, 6.07) is 8.90. The molecule has 2 heterocycles. The predicted octanol–water partition coefficient (Wildman–Crippen LogP) is 6.00. The fourth-order valence-corrected chi connectivity index (χ4v) is 7.29. The Balaban J connectivity index is 1.68. The summed E-state index contributed by atoms with van der Waals surface area (Å²) >= 11 is 12.5. The Kier molecular flexibility index (Phi) is 6.51. The molecule has 1 saturated carbocycles. The number of rotatable bonds is 5. The number of fused-ring (bicyclic) bond motifs is 2. The van der Waals surface area contributed by atoms with Crippen LogP contribution in [0.3, 0.4) is 0 Å². The Labute approximate surface area is 227 Å². The molecule has 5 nitrogen and oxygen atoms in total. The molecule has 8 heteroatoms. The van der Waals surface area contributed by atoms with Crippen molar-refractivity contribution in [1.29, 1.82) is 0 Å². The molecule has 1 amide bonds. The van der Waals surface area contributed by atoms with Crippen molar-refractivity contribution in [3.63, 3.8) is 0 Å². The Morgan fingerprint density at radius 3 is 2.51 bits per heavy atom. The van der Waals surface area contributed by atoms with E-state index in [9.17, 15) is 19.1 Å². The standard InChI is InChI=1S/C29H33Cl2FN2O3/c1-27(2,3)14-23-29(18-10-20(32)19(31)11-21(18)33-26(29)36)24(16-6-5-7-17(30)9-16)25(34-23)22(35)8-15-12-28(4,37)13-15/h5-7,9-11,15,23-25,34,37H,8,12-14H2,1-4H3,(H,33,36)/t15?,23-,24+,25+,28?,29+/m1/s1. The zero-order chi connectivity index (χ0) is 26.9. The second-order valence-electron chi connectivity index (χ2n) is 12.6. The van der Waals surface area contributed by atoms with E-state index in [-0.39, 0.29) is 28.0 Å². The fraction of sp³-hybridized carbons (Fsp3) is 0.517. The molecule has 1 aliphatic carbocycles. The van der Waals surface area contributed by atoms with Crippen molar-refractivity contribution < 1.29 is 19.1 Å². The van der Waals surface area contributed by atoms with Crippen molar-refractivity contribution in [2.24, 2.45) is 11.3 Å². The molecule has 3 aliphatic rings. The first-order chi connectivity index (χ1) is 17.2. The number of anilines is 1. The summed E-state index contributed by atoms with van der Waals surface area (Å²) in [6.45, 7) is 8.03. The number of carbonyl (C=O) groups excluding carboxylic acids is 2. The molecule has 2 aromatic carbocycles. The van der Waals surface area contributed by atoms with E-state index in [1.807, 2.05) is 12.1 Å². The summed E-state index contributed by atoms with van der Waals surface area (Å²) in [5.74, 6) is -1.44. The largest absolute Gasteiger partial charge is 0.390 e. The first-order valence-electron chi connectivity index (χ1n) is 12.8. The van der Waals surface area contributed by atoms with Crippen LogP contribution < -0.4 is 10.6 Å². The number of Topliss-reactive ketones (excluding diaryl/α,β-unsaturated/α-hetero) is 1. The zero-order valence-corrected chi connectivity index (χ0v) is 23.0. The minimum absolute atomic E-state index is 0.0167. The van der Waals surface area contributed by atoms with Gasteiger partial charge in [0, 0.05) is 29.1 Å². The molecule has 0 unspecified atom stereocenters. The van der Waals surface area contributed by atoms with Crippen LogP contribution in [-0.4, -0.2) is 34.5 Å². The molecule has 4 atom stereocenters. The number of hydrogen-bond donors (Lipinski definition) is 3. The number of nitrogens with one attached hydrogen (secondary N) is 2. The van der Waals surface area contributed by atoms with Crippen molar-refractivity contribution in [3.05, 3.63) is 63.4 Å². The number of benzene rings is 2. The Morgan fingerprint density at radius 2 is 1.89 bits per heavy atom. The summed E-state index contributed by atoms with van der Waals surface area (Å²) in [6.07, 6.45) is 2.00. The molecular weight excluding hydrogens is 514 g/mol. The lowest BCUT2D eigenvalue weighted by atomic mass is 9.61. The number of halogens is 3. The van der Waals surface area contributed by atoms with Crippen LogP contribution in [0.25, 0.3) is 0 Å². The highest BCUT2D eigenvalue weighted by Gasteiger charge is 2.65. The van der Waals surface area contributed by atoms with Gasteiger partial charge >= 0.3 is 0 Å². The highest BCUT2D eigenvalue weighted by atomic mass is 35.5. The van der Waals surface area contributed by atoms with Crippen molar-refractivity contribution in [2.45, 2.75) is 82.4 Å². The van der Waals surface area contributed by atoms with Crippen LogP contribution in [0.2, 0.25) is 10.0 Å². The third-order valence-corrected chi connectivity index (χ3v) is 8.73. The summed E-state index contributed by atoms with van der Waals surface area (Å²) in [5.41, 5.74) is -0.460. The number of carbonyl (C=O) groups is 2. The number of aliphatic hydroxyl groups is 1. The second kappa shape index (κ2) is 9.04. The third-order valence-electron chi connectivity index (χ3n) is 8.20. The monoisotopic (exact) mass is 546 g/mol. The van der Waals surface area contributed by atoms with E-state index in [0.717, 1.165) is 5.56 Å². The minimum Gasteiger partial charge on any atom is -0.390 e. The summed E-state index contributed by atoms with van der Waals surface area (Å²) in [4.78, 5) is 28.0. The molecule has 2 fully saturated rings. The lowest BCUT2D eigenvalue weighted by Gasteiger charge is -2.41. The number of hydrogen-bond acceptors (Lipinski definition) is 4. The normalized spacial score (nSPS) is 32.8.